The van der Waals surface area contributed by atoms with Gasteiger partial charge in [-0.25, -0.2) is 4.79 Å². The van der Waals surface area contributed by atoms with Crippen LogP contribution >= 0.6 is 15.9 Å². The van der Waals surface area contributed by atoms with Crippen molar-refractivity contribution in [2.24, 2.45) is 5.73 Å². The van der Waals surface area contributed by atoms with Gasteiger partial charge in [-0.15, -0.1) is 0 Å². The molecule has 2 aromatic carbocycles. The van der Waals surface area contributed by atoms with Gasteiger partial charge in [-0.2, -0.15) is 5.26 Å². The van der Waals surface area contributed by atoms with E-state index in [1.165, 1.54) is 38.5 Å². The van der Waals surface area contributed by atoms with Crippen LogP contribution in [0.2, 0.25) is 0 Å². The van der Waals surface area contributed by atoms with E-state index >= 15 is 0 Å². The lowest BCUT2D eigenvalue weighted by atomic mass is 10.1. The molecular weight excluding hydrogens is 440 g/mol. The molecule has 0 aliphatic heterocycles. The number of nitrogens with two attached hydrogens (primary N) is 1. The summed E-state index contributed by atoms with van der Waals surface area (Å²) in [6.07, 6.45) is 4.15. The van der Waals surface area contributed by atoms with Crippen LogP contribution in [-0.2, 0) is 9.59 Å². The topological polar surface area (TPSA) is 112 Å². The van der Waals surface area contributed by atoms with Crippen molar-refractivity contribution in [2.45, 2.75) is 0 Å². The van der Waals surface area contributed by atoms with Crippen molar-refractivity contribution in [3.8, 4) is 23.3 Å². The number of nitriles is 1. The zero-order valence-electron chi connectivity index (χ0n) is 15.6. The zero-order chi connectivity index (χ0) is 21.4. The summed E-state index contributed by atoms with van der Waals surface area (Å²) < 4.78 is 16.6. The number of ether oxygens (including phenoxy) is 3. The molecule has 2 N–H and O–H groups in total. The molecule has 0 aromatic heterocycles. The zero-order valence-corrected chi connectivity index (χ0v) is 17.2. The lowest BCUT2D eigenvalue weighted by molar-refractivity contribution is -0.129. The van der Waals surface area contributed by atoms with Crippen LogP contribution in [0.3, 0.4) is 0 Å². The van der Waals surface area contributed by atoms with Crippen LogP contribution in [0.5, 0.6) is 17.2 Å². The van der Waals surface area contributed by atoms with Crippen molar-refractivity contribution >= 4 is 40.0 Å². The predicted octanol–water partition coefficient (Wildman–Crippen LogP) is 3.48. The van der Waals surface area contributed by atoms with Gasteiger partial charge in [-0.3, -0.25) is 4.79 Å². The average Bonchev–Trinajstić information content (AvgIpc) is 2.71. The lowest BCUT2D eigenvalue weighted by Gasteiger charge is -2.09. The number of primary amides is 1. The molecule has 8 heteroatoms. The Morgan fingerprint density at radius 1 is 1.07 bits per heavy atom. The van der Waals surface area contributed by atoms with E-state index in [9.17, 15) is 9.59 Å². The van der Waals surface area contributed by atoms with Crippen molar-refractivity contribution in [1.29, 1.82) is 5.26 Å². The standard InChI is InChI=1S/C21H17BrN2O5/c1-27-17-7-5-16(22)11-14(17)4-8-20(25)29-18-6-3-13(10-19(18)28-2)9-15(12-23)21(24)26/h3-11H,1-2H3,(H2,24,26)/b8-4+,15-9+. The van der Waals surface area contributed by atoms with Crippen molar-refractivity contribution in [2.75, 3.05) is 14.2 Å². The quantitative estimate of drug-likeness (QED) is 0.295. The Morgan fingerprint density at radius 2 is 1.76 bits per heavy atom. The van der Waals surface area contributed by atoms with Gasteiger partial charge in [0.1, 0.15) is 17.4 Å². The number of methoxy groups -OCH3 is 2. The van der Waals surface area contributed by atoms with E-state index < -0.39 is 11.9 Å². The van der Waals surface area contributed by atoms with E-state index in [1.54, 1.807) is 30.3 Å². The minimum Gasteiger partial charge on any atom is -0.496 e. The maximum absolute atomic E-state index is 12.2. The smallest absolute Gasteiger partial charge is 0.336 e. The number of benzene rings is 2. The second kappa shape index (κ2) is 10.1. The Bertz CT molecular complexity index is 1040. The molecule has 1 amide bonds. The van der Waals surface area contributed by atoms with Gasteiger partial charge in [0.25, 0.3) is 5.91 Å². The Kier molecular flexibility index (Phi) is 7.57. The Balaban J connectivity index is 2.21. The summed E-state index contributed by atoms with van der Waals surface area (Å²) in [5.74, 6) is -0.423. The van der Waals surface area contributed by atoms with Crippen molar-refractivity contribution < 1.29 is 23.8 Å². The van der Waals surface area contributed by atoms with Gasteiger partial charge in [-0.05, 0) is 48.0 Å². The molecule has 2 aromatic rings. The fraction of sp³-hybridized carbons (Fsp3) is 0.0952. The molecule has 0 saturated carbocycles. The van der Waals surface area contributed by atoms with Crippen LogP contribution < -0.4 is 19.9 Å². The molecule has 0 heterocycles. The van der Waals surface area contributed by atoms with Crippen LogP contribution in [0, 0.1) is 11.3 Å². The first kappa shape index (κ1) is 21.7. The number of hydrogen-bond acceptors (Lipinski definition) is 6. The number of esters is 1. The van der Waals surface area contributed by atoms with Gasteiger partial charge >= 0.3 is 5.97 Å². The van der Waals surface area contributed by atoms with Crippen LogP contribution in [0.15, 0.2) is 52.5 Å². The second-order valence-electron chi connectivity index (χ2n) is 5.59. The molecule has 7 nitrogen and oxygen atoms in total. The second-order valence-corrected chi connectivity index (χ2v) is 6.50. The van der Waals surface area contributed by atoms with Gasteiger partial charge < -0.3 is 19.9 Å². The van der Waals surface area contributed by atoms with Gasteiger partial charge in [0.15, 0.2) is 11.5 Å². The third kappa shape index (κ3) is 5.96. The summed E-state index contributed by atoms with van der Waals surface area (Å²) in [5, 5.41) is 8.93. The molecule has 29 heavy (non-hydrogen) atoms. The van der Waals surface area contributed by atoms with E-state index in [0.717, 1.165) is 4.47 Å². The molecule has 0 saturated heterocycles. The number of hydrogen-bond donors (Lipinski definition) is 1. The molecule has 0 atom stereocenters. The molecular formula is C21H17BrN2O5. The number of carbonyl (C=O) groups excluding carboxylic acids is 2. The number of nitrogens with zero attached hydrogens (tertiary/aromatic N) is 1. The maximum Gasteiger partial charge on any atom is 0.336 e. The third-order valence-corrected chi connectivity index (χ3v) is 4.18. The number of amides is 1. The monoisotopic (exact) mass is 456 g/mol. The predicted molar refractivity (Wildman–Crippen MR) is 111 cm³/mol. The fourth-order valence-electron chi connectivity index (χ4n) is 2.32. The summed E-state index contributed by atoms with van der Waals surface area (Å²) >= 11 is 3.37. The van der Waals surface area contributed by atoms with Crippen LogP contribution in [-0.4, -0.2) is 26.1 Å². The van der Waals surface area contributed by atoms with Gasteiger partial charge in [-0.1, -0.05) is 22.0 Å². The molecule has 148 valence electrons. The number of rotatable bonds is 7. The summed E-state index contributed by atoms with van der Waals surface area (Å²) in [7, 11) is 2.94. The molecule has 0 fully saturated rings. The highest BCUT2D eigenvalue weighted by Gasteiger charge is 2.11. The molecule has 0 bridgehead atoms. The fourth-order valence-corrected chi connectivity index (χ4v) is 2.70. The van der Waals surface area contributed by atoms with E-state index in [2.05, 4.69) is 15.9 Å². The Hall–Kier alpha value is -3.57. The van der Waals surface area contributed by atoms with Crippen LogP contribution in [0.1, 0.15) is 11.1 Å². The normalized spacial score (nSPS) is 11.0. The SMILES string of the molecule is COc1ccc(Br)cc1/C=C/C(=O)Oc1ccc(/C=C(\C#N)C(N)=O)cc1OC. The minimum absolute atomic E-state index is 0.179. The average molecular weight is 457 g/mol. The van der Waals surface area contributed by atoms with Gasteiger partial charge in [0.2, 0.25) is 0 Å². The van der Waals surface area contributed by atoms with Crippen molar-refractivity contribution in [3.63, 3.8) is 0 Å². The molecule has 2 rings (SSSR count). The maximum atomic E-state index is 12.2. The Labute approximate surface area is 176 Å². The van der Waals surface area contributed by atoms with Crippen LogP contribution in [0.4, 0.5) is 0 Å². The highest BCUT2D eigenvalue weighted by atomic mass is 79.9. The molecule has 0 aliphatic carbocycles. The Morgan fingerprint density at radius 3 is 2.38 bits per heavy atom. The minimum atomic E-state index is -0.838. The molecule has 0 radical (unpaired) electrons. The van der Waals surface area contributed by atoms with E-state index in [0.29, 0.717) is 16.9 Å². The van der Waals surface area contributed by atoms with E-state index in [-0.39, 0.29) is 17.1 Å². The first-order chi connectivity index (χ1) is 13.9. The number of halogens is 1. The summed E-state index contributed by atoms with van der Waals surface area (Å²) in [6, 6.07) is 11.7. The number of carbonyl (C=O) groups is 2. The lowest BCUT2D eigenvalue weighted by Crippen LogP contribution is -2.12. The molecule has 0 spiro atoms. The van der Waals surface area contributed by atoms with Gasteiger partial charge in [0.05, 0.1) is 14.2 Å². The van der Waals surface area contributed by atoms with Crippen molar-refractivity contribution in [1.82, 2.24) is 0 Å². The van der Waals surface area contributed by atoms with E-state index in [1.807, 2.05) is 6.07 Å². The molecule has 0 unspecified atom stereocenters. The molecule has 0 aliphatic rings. The summed E-state index contributed by atoms with van der Waals surface area (Å²) in [4.78, 5) is 23.4. The largest absolute Gasteiger partial charge is 0.496 e. The van der Waals surface area contributed by atoms with E-state index in [4.69, 9.17) is 25.2 Å². The summed E-state index contributed by atoms with van der Waals surface area (Å²) in [5.41, 5.74) is 6.11. The van der Waals surface area contributed by atoms with Crippen molar-refractivity contribution in [3.05, 3.63) is 63.6 Å². The highest BCUT2D eigenvalue weighted by Crippen LogP contribution is 2.29. The first-order valence-electron chi connectivity index (χ1n) is 8.21. The van der Waals surface area contributed by atoms with Gasteiger partial charge in [0, 0.05) is 16.1 Å². The highest BCUT2D eigenvalue weighted by molar-refractivity contribution is 9.10. The van der Waals surface area contributed by atoms with Crippen LogP contribution in [0.25, 0.3) is 12.2 Å². The third-order valence-electron chi connectivity index (χ3n) is 3.69. The summed E-state index contributed by atoms with van der Waals surface area (Å²) in [6.45, 7) is 0. The first-order valence-corrected chi connectivity index (χ1v) is 9.00.